The lowest BCUT2D eigenvalue weighted by Gasteiger charge is -2.12. The van der Waals surface area contributed by atoms with Gasteiger partial charge in [0.15, 0.2) is 0 Å². The Balaban J connectivity index is 2.29. The van der Waals surface area contributed by atoms with Crippen LogP contribution in [0.5, 0.6) is 0 Å². The van der Waals surface area contributed by atoms with Crippen molar-refractivity contribution in [3.8, 4) is 0 Å². The van der Waals surface area contributed by atoms with Crippen molar-refractivity contribution in [1.29, 1.82) is 0 Å². The van der Waals surface area contributed by atoms with Gasteiger partial charge in [-0.3, -0.25) is 0 Å². The summed E-state index contributed by atoms with van der Waals surface area (Å²) in [7, 11) is 0. The lowest BCUT2D eigenvalue weighted by Crippen LogP contribution is -2.08. The van der Waals surface area contributed by atoms with E-state index in [1.165, 1.54) is 27.7 Å². The molecule has 1 heterocycles. The van der Waals surface area contributed by atoms with Gasteiger partial charge in [0.05, 0.1) is 0 Å². The van der Waals surface area contributed by atoms with E-state index in [9.17, 15) is 0 Å². The van der Waals surface area contributed by atoms with E-state index in [0.717, 1.165) is 12.5 Å². The average Bonchev–Trinajstić information content (AvgIpc) is 2.56. The third-order valence-electron chi connectivity index (χ3n) is 2.73. The molecular weight excluding hydrogens is 273 g/mol. The molecule has 1 aromatic rings. The molecule has 1 aromatic carbocycles. The van der Waals surface area contributed by atoms with Crippen molar-refractivity contribution in [3.63, 3.8) is 0 Å². The quantitative estimate of drug-likeness (QED) is 0.783. The molecule has 1 aliphatic heterocycles. The molecule has 0 spiro atoms. The van der Waals surface area contributed by atoms with Gasteiger partial charge in [0, 0.05) is 10.1 Å². The van der Waals surface area contributed by atoms with E-state index < -0.39 is 0 Å². The molecular formula is C11H14IN. The van der Waals surface area contributed by atoms with Crippen molar-refractivity contribution >= 4 is 22.6 Å². The third kappa shape index (κ3) is 2.05. The molecule has 0 amide bonds. The van der Waals surface area contributed by atoms with Crippen LogP contribution in [0.1, 0.15) is 23.5 Å². The molecule has 1 atom stereocenters. The van der Waals surface area contributed by atoms with Gasteiger partial charge < -0.3 is 5.32 Å². The monoisotopic (exact) mass is 287 g/mol. The van der Waals surface area contributed by atoms with Crippen LogP contribution in [0.4, 0.5) is 0 Å². The molecule has 1 fully saturated rings. The van der Waals surface area contributed by atoms with E-state index in [4.69, 9.17) is 0 Å². The minimum atomic E-state index is 0.747. The summed E-state index contributed by atoms with van der Waals surface area (Å²) in [4.78, 5) is 0. The Bertz CT molecular complexity index is 303. The molecule has 0 saturated carbocycles. The number of hydrogen-bond donors (Lipinski definition) is 1. The van der Waals surface area contributed by atoms with E-state index in [2.05, 4.69) is 53.0 Å². The molecule has 0 aliphatic carbocycles. The molecule has 0 unspecified atom stereocenters. The smallest absolute Gasteiger partial charge is 0.0133 e. The molecule has 70 valence electrons. The van der Waals surface area contributed by atoms with E-state index in [1.807, 2.05) is 0 Å². The highest BCUT2D eigenvalue weighted by Crippen LogP contribution is 2.26. The normalized spacial score (nSPS) is 22.2. The summed E-state index contributed by atoms with van der Waals surface area (Å²) >= 11 is 2.37. The predicted octanol–water partition coefficient (Wildman–Crippen LogP) is 2.68. The summed E-state index contributed by atoms with van der Waals surface area (Å²) in [6.07, 6.45) is 1.29. The van der Waals surface area contributed by atoms with Gasteiger partial charge in [-0.15, -0.1) is 0 Å². The number of hydrogen-bond acceptors (Lipinski definition) is 1. The van der Waals surface area contributed by atoms with Crippen LogP contribution in [0.25, 0.3) is 0 Å². The highest BCUT2D eigenvalue weighted by atomic mass is 127. The van der Waals surface area contributed by atoms with Crippen molar-refractivity contribution in [2.75, 3.05) is 13.1 Å². The fraction of sp³-hybridized carbons (Fsp3) is 0.455. The molecule has 1 nitrogen and oxygen atoms in total. The summed E-state index contributed by atoms with van der Waals surface area (Å²) < 4.78 is 1.34. The van der Waals surface area contributed by atoms with E-state index in [1.54, 1.807) is 0 Å². The topological polar surface area (TPSA) is 12.0 Å². The summed E-state index contributed by atoms with van der Waals surface area (Å²) in [5.74, 6) is 0.747. The number of aryl methyl sites for hydroxylation is 1. The van der Waals surface area contributed by atoms with Gasteiger partial charge >= 0.3 is 0 Å². The van der Waals surface area contributed by atoms with Crippen LogP contribution < -0.4 is 5.32 Å². The Morgan fingerprint density at radius 2 is 2.31 bits per heavy atom. The summed E-state index contributed by atoms with van der Waals surface area (Å²) in [6.45, 7) is 4.55. The van der Waals surface area contributed by atoms with Gasteiger partial charge in [-0.1, -0.05) is 6.07 Å². The highest BCUT2D eigenvalue weighted by Gasteiger charge is 2.17. The molecule has 1 saturated heterocycles. The zero-order valence-corrected chi connectivity index (χ0v) is 9.97. The minimum Gasteiger partial charge on any atom is -0.316 e. The summed E-state index contributed by atoms with van der Waals surface area (Å²) in [5.41, 5.74) is 2.98. The lowest BCUT2D eigenvalue weighted by atomic mass is 9.94. The van der Waals surface area contributed by atoms with E-state index in [0.29, 0.717) is 0 Å². The molecule has 13 heavy (non-hydrogen) atoms. The van der Waals surface area contributed by atoms with Gasteiger partial charge in [-0.2, -0.15) is 0 Å². The molecule has 0 aromatic heterocycles. The van der Waals surface area contributed by atoms with Gasteiger partial charge in [0.25, 0.3) is 0 Å². The van der Waals surface area contributed by atoms with Crippen molar-refractivity contribution in [3.05, 3.63) is 32.9 Å². The maximum atomic E-state index is 3.41. The summed E-state index contributed by atoms with van der Waals surface area (Å²) in [6, 6.07) is 6.77. The zero-order valence-electron chi connectivity index (χ0n) is 7.81. The van der Waals surface area contributed by atoms with Crippen LogP contribution in [-0.2, 0) is 0 Å². The van der Waals surface area contributed by atoms with Crippen LogP contribution in [0, 0.1) is 10.5 Å². The Hall–Kier alpha value is -0.0900. The molecule has 0 bridgehead atoms. The Morgan fingerprint density at radius 1 is 1.46 bits per heavy atom. The first kappa shape index (κ1) is 9.46. The van der Waals surface area contributed by atoms with Crippen LogP contribution in [0.15, 0.2) is 18.2 Å². The molecule has 2 heteroatoms. The fourth-order valence-electron chi connectivity index (χ4n) is 2.02. The Kier molecular flexibility index (Phi) is 2.89. The number of rotatable bonds is 1. The standard InChI is InChI=1S/C11H14IN/c1-8-6-10(12)2-3-11(8)9-4-5-13-7-9/h2-3,6,9,13H,4-5,7H2,1H3/t9-/m0/s1. The number of nitrogens with one attached hydrogen (secondary N) is 1. The Morgan fingerprint density at radius 3 is 2.92 bits per heavy atom. The maximum Gasteiger partial charge on any atom is 0.0133 e. The van der Waals surface area contributed by atoms with Crippen molar-refractivity contribution < 1.29 is 0 Å². The number of halogens is 1. The molecule has 1 N–H and O–H groups in total. The van der Waals surface area contributed by atoms with Gasteiger partial charge in [0.2, 0.25) is 0 Å². The van der Waals surface area contributed by atoms with Crippen molar-refractivity contribution in [2.24, 2.45) is 0 Å². The largest absolute Gasteiger partial charge is 0.316 e. The minimum absolute atomic E-state index is 0.747. The van der Waals surface area contributed by atoms with E-state index in [-0.39, 0.29) is 0 Å². The van der Waals surface area contributed by atoms with Crippen molar-refractivity contribution in [1.82, 2.24) is 5.32 Å². The van der Waals surface area contributed by atoms with Crippen LogP contribution in [-0.4, -0.2) is 13.1 Å². The van der Waals surface area contributed by atoms with Crippen LogP contribution in [0.2, 0.25) is 0 Å². The van der Waals surface area contributed by atoms with E-state index >= 15 is 0 Å². The first-order valence-corrected chi connectivity index (χ1v) is 5.82. The average molecular weight is 287 g/mol. The SMILES string of the molecule is Cc1cc(I)ccc1[C@H]1CCNC1. The van der Waals surface area contributed by atoms with Gasteiger partial charge in [0.1, 0.15) is 0 Å². The van der Waals surface area contributed by atoms with Crippen molar-refractivity contribution in [2.45, 2.75) is 19.3 Å². The molecule has 1 aliphatic rings. The first-order valence-electron chi connectivity index (χ1n) is 4.74. The number of benzene rings is 1. The predicted molar refractivity (Wildman–Crippen MR) is 64.1 cm³/mol. The van der Waals surface area contributed by atoms with Gasteiger partial charge in [-0.25, -0.2) is 0 Å². The second-order valence-electron chi connectivity index (χ2n) is 3.69. The highest BCUT2D eigenvalue weighted by molar-refractivity contribution is 14.1. The zero-order chi connectivity index (χ0) is 9.26. The second kappa shape index (κ2) is 3.96. The lowest BCUT2D eigenvalue weighted by molar-refractivity contribution is 0.757. The molecule has 0 radical (unpaired) electrons. The van der Waals surface area contributed by atoms with Crippen LogP contribution >= 0.6 is 22.6 Å². The maximum absolute atomic E-state index is 3.41. The fourth-order valence-corrected chi connectivity index (χ4v) is 2.66. The summed E-state index contributed by atoms with van der Waals surface area (Å²) in [5, 5.41) is 3.41. The third-order valence-corrected chi connectivity index (χ3v) is 3.40. The van der Waals surface area contributed by atoms with Gasteiger partial charge in [-0.05, 0) is 71.7 Å². The second-order valence-corrected chi connectivity index (χ2v) is 4.94. The Labute approximate surface area is 93.1 Å². The molecule has 2 rings (SSSR count). The van der Waals surface area contributed by atoms with Crippen LogP contribution in [0.3, 0.4) is 0 Å². The first-order chi connectivity index (χ1) is 6.27.